The first kappa shape index (κ1) is 23.2. The van der Waals surface area contributed by atoms with Crippen molar-refractivity contribution in [1.82, 2.24) is 9.47 Å². The van der Waals surface area contributed by atoms with E-state index in [-0.39, 0.29) is 17.2 Å². The molecule has 0 radical (unpaired) electrons. The van der Waals surface area contributed by atoms with Crippen molar-refractivity contribution in [2.45, 2.75) is 40.3 Å². The van der Waals surface area contributed by atoms with Gasteiger partial charge in [0.25, 0.3) is 11.1 Å². The molecule has 1 fully saturated rings. The number of halogens is 1. The summed E-state index contributed by atoms with van der Waals surface area (Å²) in [6, 6.07) is 17.4. The highest BCUT2D eigenvalue weighted by Crippen LogP contribution is 2.35. The minimum atomic E-state index is -0.232. The lowest BCUT2D eigenvalue weighted by Gasteiger charge is -2.16. The standard InChI is InChI=1S/C26H25ClN2O3S/c1-16(2)28-25(30)24(33-26(28)31)14-20-13-17(3)29(18(20)4)21-9-11-22(12-10-21)32-15-19-7-5-6-8-23(19)27/h5-14,16H,15H2,1-4H3. The summed E-state index contributed by atoms with van der Waals surface area (Å²) < 4.78 is 8.01. The summed E-state index contributed by atoms with van der Waals surface area (Å²) >= 11 is 7.20. The number of amides is 2. The number of nitrogens with zero attached hydrogens (tertiary/aromatic N) is 2. The second-order valence-electron chi connectivity index (χ2n) is 8.18. The van der Waals surface area contributed by atoms with E-state index in [9.17, 15) is 9.59 Å². The van der Waals surface area contributed by atoms with E-state index >= 15 is 0 Å². The molecular weight excluding hydrogens is 456 g/mol. The van der Waals surface area contributed by atoms with E-state index in [4.69, 9.17) is 16.3 Å². The highest BCUT2D eigenvalue weighted by atomic mass is 35.5. The zero-order chi connectivity index (χ0) is 23.7. The molecule has 2 heterocycles. The van der Waals surface area contributed by atoms with Gasteiger partial charge in [0, 0.05) is 33.7 Å². The smallest absolute Gasteiger partial charge is 0.293 e. The molecule has 1 aliphatic rings. The van der Waals surface area contributed by atoms with Crippen LogP contribution in [-0.4, -0.2) is 26.7 Å². The SMILES string of the molecule is Cc1cc(C=C2SC(=O)N(C(C)C)C2=O)c(C)n1-c1ccc(OCc2ccccc2Cl)cc1. The summed E-state index contributed by atoms with van der Waals surface area (Å²) in [7, 11) is 0. The van der Waals surface area contributed by atoms with Gasteiger partial charge in [-0.05, 0) is 87.5 Å². The summed E-state index contributed by atoms with van der Waals surface area (Å²) in [4.78, 5) is 26.6. The fourth-order valence-corrected chi connectivity index (χ4v) is 5.01. The van der Waals surface area contributed by atoms with Crippen LogP contribution < -0.4 is 4.74 Å². The molecule has 33 heavy (non-hydrogen) atoms. The number of rotatable bonds is 6. The first-order valence-electron chi connectivity index (χ1n) is 10.7. The Morgan fingerprint density at radius 1 is 1.06 bits per heavy atom. The molecule has 0 aliphatic carbocycles. The number of ether oxygens (including phenoxy) is 1. The number of carbonyl (C=O) groups excluding carboxylic acids is 2. The van der Waals surface area contributed by atoms with Crippen LogP contribution in [0.4, 0.5) is 4.79 Å². The lowest BCUT2D eigenvalue weighted by atomic mass is 10.2. The number of carbonyl (C=O) groups is 2. The second-order valence-corrected chi connectivity index (χ2v) is 9.58. The van der Waals surface area contributed by atoms with Crippen molar-refractivity contribution >= 4 is 40.6 Å². The van der Waals surface area contributed by atoms with Gasteiger partial charge in [-0.25, -0.2) is 0 Å². The van der Waals surface area contributed by atoms with Crippen molar-refractivity contribution < 1.29 is 14.3 Å². The zero-order valence-electron chi connectivity index (χ0n) is 19.0. The van der Waals surface area contributed by atoms with Gasteiger partial charge in [0.05, 0.1) is 4.91 Å². The predicted molar refractivity (Wildman–Crippen MR) is 134 cm³/mol. The number of imide groups is 1. The molecule has 1 aliphatic heterocycles. The summed E-state index contributed by atoms with van der Waals surface area (Å²) in [5, 5.41) is 0.467. The highest BCUT2D eigenvalue weighted by molar-refractivity contribution is 8.18. The molecule has 170 valence electrons. The summed E-state index contributed by atoms with van der Waals surface area (Å²) in [5.41, 5.74) is 4.87. The number of hydrogen-bond donors (Lipinski definition) is 0. The molecule has 5 nitrogen and oxygen atoms in total. The van der Waals surface area contributed by atoms with Crippen LogP contribution in [0.2, 0.25) is 5.02 Å². The first-order valence-corrected chi connectivity index (χ1v) is 11.9. The van der Waals surface area contributed by atoms with E-state index in [2.05, 4.69) is 4.57 Å². The molecule has 2 amide bonds. The minimum Gasteiger partial charge on any atom is -0.489 e. The van der Waals surface area contributed by atoms with Gasteiger partial charge < -0.3 is 9.30 Å². The third-order valence-corrected chi connectivity index (χ3v) is 6.80. The largest absolute Gasteiger partial charge is 0.489 e. The monoisotopic (exact) mass is 480 g/mol. The van der Waals surface area contributed by atoms with Crippen molar-refractivity contribution in [3.63, 3.8) is 0 Å². The second kappa shape index (κ2) is 9.49. The highest BCUT2D eigenvalue weighted by Gasteiger charge is 2.36. The topological polar surface area (TPSA) is 51.5 Å². The number of thioether (sulfide) groups is 1. The molecule has 0 unspecified atom stereocenters. The van der Waals surface area contributed by atoms with Crippen molar-refractivity contribution in [2.75, 3.05) is 0 Å². The molecule has 0 saturated carbocycles. The van der Waals surface area contributed by atoms with Gasteiger partial charge in [0.1, 0.15) is 12.4 Å². The van der Waals surface area contributed by atoms with Crippen LogP contribution in [0.15, 0.2) is 59.5 Å². The Morgan fingerprint density at radius 3 is 2.39 bits per heavy atom. The van der Waals surface area contributed by atoms with Gasteiger partial charge in [0.2, 0.25) is 0 Å². The quantitative estimate of drug-likeness (QED) is 0.365. The first-order chi connectivity index (χ1) is 15.8. The van der Waals surface area contributed by atoms with Gasteiger partial charge in [-0.2, -0.15) is 0 Å². The number of hydrogen-bond acceptors (Lipinski definition) is 4. The Bertz CT molecular complexity index is 1240. The average Bonchev–Trinajstić information content (AvgIpc) is 3.22. The molecule has 2 aromatic carbocycles. The van der Waals surface area contributed by atoms with Crippen LogP contribution in [0.5, 0.6) is 5.75 Å². The molecule has 7 heteroatoms. The maximum Gasteiger partial charge on any atom is 0.293 e. The number of aryl methyl sites for hydroxylation is 1. The number of benzene rings is 2. The Labute approximate surface area is 203 Å². The summed E-state index contributed by atoms with van der Waals surface area (Å²) in [6.45, 7) is 8.11. The molecule has 0 bridgehead atoms. The Kier molecular flexibility index (Phi) is 6.68. The normalized spacial score (nSPS) is 15.2. The Hall–Kier alpha value is -2.96. The fraction of sp³-hybridized carbons (Fsp3) is 0.231. The predicted octanol–water partition coefficient (Wildman–Crippen LogP) is 6.77. The molecule has 3 aromatic rings. The van der Waals surface area contributed by atoms with Gasteiger partial charge in [0.15, 0.2) is 0 Å². The van der Waals surface area contributed by atoms with Gasteiger partial charge in [-0.3, -0.25) is 14.5 Å². The van der Waals surface area contributed by atoms with Crippen molar-refractivity contribution in [2.24, 2.45) is 0 Å². The molecule has 0 N–H and O–H groups in total. The van der Waals surface area contributed by atoms with Gasteiger partial charge >= 0.3 is 0 Å². The van der Waals surface area contributed by atoms with Crippen molar-refractivity contribution in [1.29, 1.82) is 0 Å². The molecule has 0 atom stereocenters. The summed E-state index contributed by atoms with van der Waals surface area (Å²) in [5.74, 6) is 0.522. The van der Waals surface area contributed by atoms with E-state index in [1.54, 1.807) is 0 Å². The molecule has 0 spiro atoms. The van der Waals surface area contributed by atoms with Crippen molar-refractivity contribution in [3.05, 3.63) is 87.0 Å². The van der Waals surface area contributed by atoms with Crippen LogP contribution in [0.1, 0.15) is 36.4 Å². The van der Waals surface area contributed by atoms with E-state index in [0.29, 0.717) is 16.5 Å². The van der Waals surface area contributed by atoms with E-state index in [1.807, 2.05) is 88.4 Å². The minimum absolute atomic E-state index is 0.158. The van der Waals surface area contributed by atoms with E-state index in [1.165, 1.54) is 4.90 Å². The average molecular weight is 481 g/mol. The molecular formula is C26H25ClN2O3S. The lowest BCUT2D eigenvalue weighted by molar-refractivity contribution is -0.123. The zero-order valence-corrected chi connectivity index (χ0v) is 20.5. The van der Waals surface area contributed by atoms with Crippen molar-refractivity contribution in [3.8, 4) is 11.4 Å². The fourth-order valence-electron chi connectivity index (χ4n) is 3.87. The van der Waals surface area contributed by atoms with Crippen LogP contribution in [-0.2, 0) is 11.4 Å². The maximum atomic E-state index is 12.6. The van der Waals surface area contributed by atoms with Crippen LogP contribution >= 0.6 is 23.4 Å². The third-order valence-electron chi connectivity index (χ3n) is 5.54. The van der Waals surface area contributed by atoms with E-state index in [0.717, 1.165) is 45.7 Å². The van der Waals surface area contributed by atoms with Gasteiger partial charge in [-0.15, -0.1) is 0 Å². The molecule has 4 rings (SSSR count). The van der Waals surface area contributed by atoms with Crippen LogP contribution in [0, 0.1) is 13.8 Å². The van der Waals surface area contributed by atoms with Crippen LogP contribution in [0.25, 0.3) is 11.8 Å². The van der Waals surface area contributed by atoms with Gasteiger partial charge in [-0.1, -0.05) is 29.8 Å². The molecule has 1 aromatic heterocycles. The lowest BCUT2D eigenvalue weighted by Crippen LogP contribution is -2.34. The van der Waals surface area contributed by atoms with E-state index < -0.39 is 0 Å². The number of aromatic nitrogens is 1. The maximum absolute atomic E-state index is 12.6. The Morgan fingerprint density at radius 2 is 1.76 bits per heavy atom. The summed E-state index contributed by atoms with van der Waals surface area (Å²) in [6.07, 6.45) is 1.81. The molecule has 1 saturated heterocycles. The Balaban J connectivity index is 1.54. The third kappa shape index (κ3) is 4.72. The van der Waals surface area contributed by atoms with Crippen LogP contribution in [0.3, 0.4) is 0 Å².